The van der Waals surface area contributed by atoms with Crippen LogP contribution in [0.15, 0.2) is 12.5 Å². The van der Waals surface area contributed by atoms with Gasteiger partial charge in [-0.25, -0.2) is 14.6 Å². The van der Waals surface area contributed by atoms with Gasteiger partial charge in [0.05, 0.1) is 6.33 Å². The molecule has 2 amide bonds. The summed E-state index contributed by atoms with van der Waals surface area (Å²) in [6.45, 7) is 7.14. The van der Waals surface area contributed by atoms with Crippen molar-refractivity contribution >= 4 is 12.0 Å². The van der Waals surface area contributed by atoms with Gasteiger partial charge in [0, 0.05) is 31.4 Å². The van der Waals surface area contributed by atoms with Crippen molar-refractivity contribution in [1.82, 2.24) is 25.5 Å². The number of urea groups is 1. The Morgan fingerprint density at radius 1 is 1.43 bits per heavy atom. The molecule has 118 valence electrons. The lowest BCUT2D eigenvalue weighted by Crippen LogP contribution is -2.48. The van der Waals surface area contributed by atoms with E-state index in [1.54, 1.807) is 0 Å². The zero-order chi connectivity index (χ0) is 15.7. The first-order chi connectivity index (χ1) is 10.1. The first-order valence-electron chi connectivity index (χ1n) is 7.03. The number of carboxylic acids is 1. The monoisotopic (exact) mass is 297 g/mol. The van der Waals surface area contributed by atoms with Crippen LogP contribution >= 0.6 is 0 Å². The molecule has 0 unspecified atom stereocenters. The zero-order valence-electron chi connectivity index (χ0n) is 12.4. The van der Waals surface area contributed by atoms with Gasteiger partial charge in [0.15, 0.2) is 0 Å². The molecule has 0 aliphatic heterocycles. The van der Waals surface area contributed by atoms with Crippen molar-refractivity contribution in [3.05, 3.63) is 18.2 Å². The maximum atomic E-state index is 11.7. The minimum absolute atomic E-state index is 0.165. The first kappa shape index (κ1) is 17.0. The standard InChI is InChI=1S/C13H23N5O3/c1-3-18(4-2)6-5-15-13(21)17-11(12(19)20)7-10-8-14-9-16-10/h8-9,11H,3-7H2,1-2H3,(H,14,16)(H,19,20)(H2,15,17,21)/t11-/m1/s1. The molecule has 0 aromatic carbocycles. The number of nitrogens with one attached hydrogen (secondary N) is 3. The van der Waals surface area contributed by atoms with Crippen LogP contribution in [-0.2, 0) is 11.2 Å². The molecule has 0 saturated carbocycles. The second-order valence-electron chi connectivity index (χ2n) is 4.60. The summed E-state index contributed by atoms with van der Waals surface area (Å²) >= 11 is 0. The summed E-state index contributed by atoms with van der Waals surface area (Å²) in [5.74, 6) is -1.08. The smallest absolute Gasteiger partial charge is 0.326 e. The Labute approximate surface area is 123 Å². The summed E-state index contributed by atoms with van der Waals surface area (Å²) in [4.78, 5) is 31.7. The highest BCUT2D eigenvalue weighted by Crippen LogP contribution is 1.98. The summed E-state index contributed by atoms with van der Waals surface area (Å²) in [5, 5.41) is 14.2. The van der Waals surface area contributed by atoms with Gasteiger partial charge >= 0.3 is 12.0 Å². The number of amides is 2. The number of carbonyl (C=O) groups excluding carboxylic acids is 1. The molecule has 0 aliphatic rings. The van der Waals surface area contributed by atoms with Gasteiger partial charge in [-0.3, -0.25) is 0 Å². The molecule has 1 aromatic rings. The molecule has 1 rings (SSSR count). The van der Waals surface area contributed by atoms with Gasteiger partial charge in [0.2, 0.25) is 0 Å². The number of carboxylic acid groups (broad SMARTS) is 1. The van der Waals surface area contributed by atoms with E-state index in [0.717, 1.165) is 19.6 Å². The number of aromatic nitrogens is 2. The van der Waals surface area contributed by atoms with Crippen LogP contribution in [0.3, 0.4) is 0 Å². The Kier molecular flexibility index (Phi) is 7.24. The van der Waals surface area contributed by atoms with E-state index in [0.29, 0.717) is 12.2 Å². The van der Waals surface area contributed by atoms with Gasteiger partial charge < -0.3 is 25.6 Å². The van der Waals surface area contributed by atoms with E-state index >= 15 is 0 Å². The molecule has 0 fully saturated rings. The van der Waals surface area contributed by atoms with E-state index in [1.165, 1.54) is 12.5 Å². The van der Waals surface area contributed by atoms with Crippen molar-refractivity contribution in [3.8, 4) is 0 Å². The van der Waals surface area contributed by atoms with E-state index in [4.69, 9.17) is 5.11 Å². The second-order valence-corrected chi connectivity index (χ2v) is 4.60. The minimum atomic E-state index is -1.08. The van der Waals surface area contributed by atoms with Crippen molar-refractivity contribution < 1.29 is 14.7 Å². The van der Waals surface area contributed by atoms with E-state index in [9.17, 15) is 9.59 Å². The van der Waals surface area contributed by atoms with Crippen molar-refractivity contribution in [3.63, 3.8) is 0 Å². The highest BCUT2D eigenvalue weighted by molar-refractivity contribution is 5.82. The number of hydrogen-bond acceptors (Lipinski definition) is 4. The van der Waals surface area contributed by atoms with Crippen LogP contribution < -0.4 is 10.6 Å². The third-order valence-electron chi connectivity index (χ3n) is 3.19. The molecule has 0 radical (unpaired) electrons. The van der Waals surface area contributed by atoms with E-state index in [2.05, 4.69) is 39.3 Å². The molecule has 21 heavy (non-hydrogen) atoms. The lowest BCUT2D eigenvalue weighted by molar-refractivity contribution is -0.139. The summed E-state index contributed by atoms with van der Waals surface area (Å²) in [5.41, 5.74) is 0.658. The van der Waals surface area contributed by atoms with Crippen LogP contribution in [0.2, 0.25) is 0 Å². The van der Waals surface area contributed by atoms with Crippen molar-refractivity contribution in [2.75, 3.05) is 26.2 Å². The third kappa shape index (κ3) is 6.26. The number of H-pyrrole nitrogens is 1. The number of nitrogens with zero attached hydrogens (tertiary/aromatic N) is 2. The van der Waals surface area contributed by atoms with Crippen LogP contribution in [0.1, 0.15) is 19.5 Å². The number of imidazole rings is 1. The number of rotatable bonds is 9. The Morgan fingerprint density at radius 2 is 2.14 bits per heavy atom. The highest BCUT2D eigenvalue weighted by Gasteiger charge is 2.20. The van der Waals surface area contributed by atoms with Crippen LogP contribution in [0.5, 0.6) is 0 Å². The zero-order valence-corrected chi connectivity index (χ0v) is 12.4. The molecule has 0 saturated heterocycles. The molecular formula is C13H23N5O3. The Morgan fingerprint density at radius 3 is 2.67 bits per heavy atom. The number of likely N-dealkylation sites (N-methyl/N-ethyl adjacent to an activating group) is 1. The predicted octanol–water partition coefficient (Wildman–Crippen LogP) is 0.0464. The predicted molar refractivity (Wildman–Crippen MR) is 78.0 cm³/mol. The summed E-state index contributed by atoms with van der Waals surface area (Å²) < 4.78 is 0. The quantitative estimate of drug-likeness (QED) is 0.514. The van der Waals surface area contributed by atoms with E-state index in [-0.39, 0.29) is 6.42 Å². The number of aromatic amines is 1. The number of carbonyl (C=O) groups is 2. The Hall–Kier alpha value is -2.09. The fourth-order valence-electron chi connectivity index (χ4n) is 1.89. The minimum Gasteiger partial charge on any atom is -0.480 e. The van der Waals surface area contributed by atoms with Crippen LogP contribution in [0.4, 0.5) is 4.79 Å². The van der Waals surface area contributed by atoms with Crippen molar-refractivity contribution in [2.45, 2.75) is 26.3 Å². The number of aliphatic carboxylic acids is 1. The second kappa shape index (κ2) is 8.96. The van der Waals surface area contributed by atoms with Gasteiger partial charge in [-0.1, -0.05) is 13.8 Å². The molecule has 1 aromatic heterocycles. The Balaban J connectivity index is 2.37. The molecule has 0 bridgehead atoms. The SMILES string of the molecule is CCN(CC)CCNC(=O)N[C@H](Cc1cnc[nH]1)C(=O)O. The molecule has 0 aliphatic carbocycles. The van der Waals surface area contributed by atoms with Gasteiger partial charge in [0.25, 0.3) is 0 Å². The lowest BCUT2D eigenvalue weighted by Gasteiger charge is -2.19. The molecule has 1 heterocycles. The molecule has 4 N–H and O–H groups in total. The fourth-order valence-corrected chi connectivity index (χ4v) is 1.89. The molecule has 8 heteroatoms. The topological polar surface area (TPSA) is 110 Å². The molecule has 8 nitrogen and oxygen atoms in total. The largest absolute Gasteiger partial charge is 0.480 e. The Bertz CT molecular complexity index is 431. The summed E-state index contributed by atoms with van der Waals surface area (Å²) in [7, 11) is 0. The molecule has 1 atom stereocenters. The average Bonchev–Trinajstić information content (AvgIpc) is 2.96. The fraction of sp³-hybridized carbons (Fsp3) is 0.615. The van der Waals surface area contributed by atoms with E-state index in [1.807, 2.05) is 0 Å². The van der Waals surface area contributed by atoms with Crippen molar-refractivity contribution in [1.29, 1.82) is 0 Å². The van der Waals surface area contributed by atoms with Gasteiger partial charge in [0.1, 0.15) is 6.04 Å². The van der Waals surface area contributed by atoms with Crippen LogP contribution in [0, 0.1) is 0 Å². The van der Waals surface area contributed by atoms with Crippen molar-refractivity contribution in [2.24, 2.45) is 0 Å². The molecule has 0 spiro atoms. The maximum absolute atomic E-state index is 11.7. The van der Waals surface area contributed by atoms with Gasteiger partial charge in [-0.05, 0) is 13.1 Å². The lowest BCUT2D eigenvalue weighted by atomic mass is 10.2. The van der Waals surface area contributed by atoms with E-state index < -0.39 is 18.0 Å². The maximum Gasteiger partial charge on any atom is 0.326 e. The normalized spacial score (nSPS) is 12.1. The summed E-state index contributed by atoms with van der Waals surface area (Å²) in [6, 6.07) is -1.46. The number of hydrogen-bond donors (Lipinski definition) is 4. The average molecular weight is 297 g/mol. The van der Waals surface area contributed by atoms with Gasteiger partial charge in [-0.2, -0.15) is 0 Å². The molecular weight excluding hydrogens is 274 g/mol. The van der Waals surface area contributed by atoms with Crippen LogP contribution in [-0.4, -0.2) is 64.2 Å². The summed E-state index contributed by atoms with van der Waals surface area (Å²) in [6.07, 6.45) is 3.17. The first-order valence-corrected chi connectivity index (χ1v) is 7.03. The van der Waals surface area contributed by atoms with Crippen LogP contribution in [0.25, 0.3) is 0 Å². The third-order valence-corrected chi connectivity index (χ3v) is 3.19. The highest BCUT2D eigenvalue weighted by atomic mass is 16.4. The van der Waals surface area contributed by atoms with Gasteiger partial charge in [-0.15, -0.1) is 0 Å².